The van der Waals surface area contributed by atoms with Crippen molar-refractivity contribution in [3.63, 3.8) is 0 Å². The largest absolute Gasteiger partial charge is 0.507 e. The normalized spacial score (nSPS) is 29.6. The lowest BCUT2D eigenvalue weighted by molar-refractivity contribution is -0.158. The van der Waals surface area contributed by atoms with E-state index in [2.05, 4.69) is 0 Å². The number of phenolic OH excluding ortho intramolecular Hbond substituents is 1. The summed E-state index contributed by atoms with van der Waals surface area (Å²) in [5, 5.41) is 51.6. The standard InChI is InChI=1S/C18H20O10S/c1-18(25)16(23)12-11(15(22)17(18)24)14(21)10-7(19)4-8(28-2)6(5-29(3,26)27)9(10)13(12)20/h4,15-17,19,22-25H,5H2,1-3H3/t15-,16+,17+,18-/m0/s1. The van der Waals surface area contributed by atoms with Crippen molar-refractivity contribution in [2.24, 2.45) is 0 Å². The Hall–Kier alpha value is -2.31. The highest BCUT2D eigenvalue weighted by atomic mass is 32.2. The second-order valence-electron chi connectivity index (χ2n) is 7.40. The van der Waals surface area contributed by atoms with Crippen LogP contribution in [0.4, 0.5) is 0 Å². The Morgan fingerprint density at radius 1 is 1.10 bits per heavy atom. The van der Waals surface area contributed by atoms with Crippen LogP contribution in [0, 0.1) is 0 Å². The van der Waals surface area contributed by atoms with Crippen LogP contribution >= 0.6 is 0 Å². The molecule has 0 aliphatic heterocycles. The van der Waals surface area contributed by atoms with Gasteiger partial charge in [-0.1, -0.05) is 0 Å². The van der Waals surface area contributed by atoms with Gasteiger partial charge in [-0.3, -0.25) is 9.59 Å². The van der Waals surface area contributed by atoms with Gasteiger partial charge >= 0.3 is 0 Å². The van der Waals surface area contributed by atoms with Gasteiger partial charge in [0.2, 0.25) is 0 Å². The molecule has 1 aromatic carbocycles. The number of carbonyl (C=O) groups excluding carboxylic acids is 2. The predicted octanol–water partition coefficient (Wildman–Crippen LogP) is -1.53. The van der Waals surface area contributed by atoms with E-state index in [4.69, 9.17) is 4.74 Å². The average molecular weight is 428 g/mol. The summed E-state index contributed by atoms with van der Waals surface area (Å²) in [5.41, 5.74) is -5.00. The van der Waals surface area contributed by atoms with Crippen LogP contribution in [0.2, 0.25) is 0 Å². The summed E-state index contributed by atoms with van der Waals surface area (Å²) in [5.74, 6) is -3.73. The molecule has 11 heteroatoms. The third-order valence-corrected chi connectivity index (χ3v) is 6.07. The first-order chi connectivity index (χ1) is 13.2. The number of methoxy groups -OCH3 is 1. The molecule has 0 bridgehead atoms. The Labute approximate surface area is 165 Å². The summed E-state index contributed by atoms with van der Waals surface area (Å²) in [6.07, 6.45) is -5.18. The minimum absolute atomic E-state index is 0.172. The smallest absolute Gasteiger partial charge is 0.196 e. The van der Waals surface area contributed by atoms with E-state index in [9.17, 15) is 43.5 Å². The highest BCUT2D eigenvalue weighted by Gasteiger charge is 2.56. The van der Waals surface area contributed by atoms with Crippen molar-refractivity contribution in [1.29, 1.82) is 0 Å². The van der Waals surface area contributed by atoms with E-state index in [0.717, 1.165) is 19.2 Å². The van der Waals surface area contributed by atoms with Crippen molar-refractivity contribution in [2.75, 3.05) is 13.4 Å². The molecule has 0 amide bonds. The lowest BCUT2D eigenvalue weighted by Gasteiger charge is -2.44. The van der Waals surface area contributed by atoms with Crippen LogP contribution in [-0.4, -0.2) is 82.8 Å². The van der Waals surface area contributed by atoms with E-state index in [0.29, 0.717) is 0 Å². The zero-order valence-corrected chi connectivity index (χ0v) is 16.5. The number of rotatable bonds is 3. The number of carbonyl (C=O) groups is 2. The molecule has 2 aliphatic rings. The maximum absolute atomic E-state index is 13.2. The second-order valence-corrected chi connectivity index (χ2v) is 9.54. The fourth-order valence-electron chi connectivity index (χ4n) is 3.76. The number of ketones is 2. The number of hydrogen-bond acceptors (Lipinski definition) is 10. The molecule has 0 aromatic heterocycles. The van der Waals surface area contributed by atoms with Crippen molar-refractivity contribution in [2.45, 2.75) is 36.6 Å². The number of hydrogen-bond donors (Lipinski definition) is 5. The van der Waals surface area contributed by atoms with E-state index >= 15 is 0 Å². The topological polar surface area (TPSA) is 179 Å². The van der Waals surface area contributed by atoms with E-state index in [1.54, 1.807) is 0 Å². The monoisotopic (exact) mass is 428 g/mol. The lowest BCUT2D eigenvalue weighted by atomic mass is 9.67. The Morgan fingerprint density at radius 2 is 1.66 bits per heavy atom. The van der Waals surface area contributed by atoms with Gasteiger partial charge in [-0.2, -0.15) is 0 Å². The first-order valence-electron chi connectivity index (χ1n) is 8.44. The van der Waals surface area contributed by atoms with Gasteiger partial charge in [-0.15, -0.1) is 0 Å². The zero-order valence-electron chi connectivity index (χ0n) is 15.7. The average Bonchev–Trinajstić information content (AvgIpc) is 2.61. The second kappa shape index (κ2) is 6.61. The van der Waals surface area contributed by atoms with Crippen LogP contribution in [0.5, 0.6) is 11.5 Å². The van der Waals surface area contributed by atoms with Crippen LogP contribution in [-0.2, 0) is 15.6 Å². The molecule has 0 fully saturated rings. The maximum atomic E-state index is 13.2. The number of sulfone groups is 1. The highest BCUT2D eigenvalue weighted by Crippen LogP contribution is 2.45. The molecule has 0 heterocycles. The third kappa shape index (κ3) is 3.06. The molecule has 3 rings (SSSR count). The van der Waals surface area contributed by atoms with Crippen LogP contribution in [0.3, 0.4) is 0 Å². The Bertz CT molecular complexity index is 1070. The van der Waals surface area contributed by atoms with Gasteiger partial charge < -0.3 is 30.3 Å². The van der Waals surface area contributed by atoms with E-state index < -0.39 is 79.1 Å². The summed E-state index contributed by atoms with van der Waals surface area (Å²) in [4.78, 5) is 26.3. The summed E-state index contributed by atoms with van der Waals surface area (Å²) in [7, 11) is -2.55. The van der Waals surface area contributed by atoms with Crippen LogP contribution in [0.1, 0.15) is 33.2 Å². The molecule has 0 saturated carbocycles. The number of Topliss-reactive ketones (excluding diaryl/α,β-unsaturated/α-hetero) is 2. The number of aliphatic hydroxyl groups is 4. The van der Waals surface area contributed by atoms with Crippen molar-refractivity contribution in [1.82, 2.24) is 0 Å². The van der Waals surface area contributed by atoms with Crippen molar-refractivity contribution < 1.29 is 48.3 Å². The fraction of sp³-hybridized carbons (Fsp3) is 0.444. The maximum Gasteiger partial charge on any atom is 0.196 e. The summed E-state index contributed by atoms with van der Waals surface area (Å²) >= 11 is 0. The van der Waals surface area contributed by atoms with Crippen molar-refractivity contribution >= 4 is 21.4 Å². The van der Waals surface area contributed by atoms with Gasteiger partial charge in [0.15, 0.2) is 21.4 Å². The van der Waals surface area contributed by atoms with E-state index in [1.165, 1.54) is 7.11 Å². The SMILES string of the molecule is COc1cc(O)c2c(c1CS(C)(=O)=O)C(=O)C1=C(C2=O)[C@H](O)[C@@H](O)[C@@](C)(O)[C@@H]1O. The van der Waals surface area contributed by atoms with Gasteiger partial charge in [-0.25, -0.2) is 8.42 Å². The summed E-state index contributed by atoms with van der Waals surface area (Å²) < 4.78 is 28.8. The van der Waals surface area contributed by atoms with Crippen LogP contribution in [0.15, 0.2) is 17.2 Å². The van der Waals surface area contributed by atoms with Crippen molar-refractivity contribution in [3.05, 3.63) is 33.9 Å². The number of ether oxygens (including phenoxy) is 1. The minimum atomic E-state index is -3.72. The summed E-state index contributed by atoms with van der Waals surface area (Å²) in [6, 6.07) is 0.967. The minimum Gasteiger partial charge on any atom is -0.507 e. The molecular formula is C18H20O10S. The molecule has 1 aromatic rings. The van der Waals surface area contributed by atoms with E-state index in [-0.39, 0.29) is 11.3 Å². The molecule has 158 valence electrons. The Morgan fingerprint density at radius 3 is 2.17 bits per heavy atom. The molecule has 5 N–H and O–H groups in total. The third-order valence-electron chi connectivity index (χ3n) is 5.25. The van der Waals surface area contributed by atoms with Gasteiger partial charge in [0.1, 0.15) is 35.4 Å². The highest BCUT2D eigenvalue weighted by molar-refractivity contribution is 7.89. The van der Waals surface area contributed by atoms with Gasteiger partial charge in [0.25, 0.3) is 0 Å². The Balaban J connectivity index is 2.39. The fourth-order valence-corrected chi connectivity index (χ4v) is 4.58. The van der Waals surface area contributed by atoms with Crippen molar-refractivity contribution in [3.8, 4) is 11.5 Å². The molecule has 0 unspecified atom stereocenters. The first kappa shape index (κ1) is 21.4. The number of benzene rings is 1. The summed E-state index contributed by atoms with van der Waals surface area (Å²) in [6.45, 7) is 0.975. The molecule has 2 aliphatic carbocycles. The molecule has 29 heavy (non-hydrogen) atoms. The molecule has 0 spiro atoms. The number of aromatic hydroxyl groups is 1. The number of fused-ring (bicyclic) bond motifs is 1. The Kier molecular flexibility index (Phi) is 4.87. The van der Waals surface area contributed by atoms with Crippen LogP contribution < -0.4 is 4.74 Å². The van der Waals surface area contributed by atoms with Gasteiger partial charge in [0.05, 0.1) is 18.4 Å². The number of phenols is 1. The molecular weight excluding hydrogens is 408 g/mol. The molecule has 0 saturated heterocycles. The van der Waals surface area contributed by atoms with Gasteiger partial charge in [-0.05, 0) is 6.92 Å². The molecule has 0 radical (unpaired) electrons. The van der Waals surface area contributed by atoms with Crippen LogP contribution in [0.25, 0.3) is 0 Å². The van der Waals surface area contributed by atoms with E-state index in [1.807, 2.05) is 0 Å². The first-order valence-corrected chi connectivity index (χ1v) is 10.5. The zero-order chi connectivity index (χ0) is 22.0. The number of aliphatic hydroxyl groups excluding tert-OH is 3. The lowest BCUT2D eigenvalue weighted by Crippen LogP contribution is -2.61. The molecule has 10 nitrogen and oxygen atoms in total. The van der Waals surface area contributed by atoms with Gasteiger partial charge in [0, 0.05) is 34.6 Å². The quantitative estimate of drug-likeness (QED) is 0.379. The predicted molar refractivity (Wildman–Crippen MR) is 97.5 cm³/mol. The molecule has 4 atom stereocenters.